The average molecular weight is 350 g/mol. The normalized spacial score (nSPS) is 10.4. The molecule has 2 aromatic rings. The zero-order valence-corrected chi connectivity index (χ0v) is 14.4. The summed E-state index contributed by atoms with van der Waals surface area (Å²) < 4.78 is 0. The van der Waals surface area contributed by atoms with Crippen LogP contribution < -0.4 is 10.2 Å². The van der Waals surface area contributed by atoms with E-state index in [1.54, 1.807) is 18.7 Å². The molecule has 1 heterocycles. The van der Waals surface area contributed by atoms with Crippen molar-refractivity contribution in [1.29, 1.82) is 0 Å². The van der Waals surface area contributed by atoms with Crippen molar-refractivity contribution in [1.82, 2.24) is 9.97 Å². The largest absolute Gasteiger partial charge is 0.347 e. The second-order valence-electron chi connectivity index (χ2n) is 5.34. The van der Waals surface area contributed by atoms with Crippen molar-refractivity contribution in [3.05, 3.63) is 50.3 Å². The van der Waals surface area contributed by atoms with Gasteiger partial charge >= 0.3 is 0 Å². The van der Waals surface area contributed by atoms with E-state index in [0.29, 0.717) is 23.0 Å². The standard InChI is InChI=1S/C15H16ClN5O3/c1-8-13(9(2)18-15(17-8)20(3)4)19-14(22)11-6-5-10(21(23)24)7-12(11)16/h5-7H,1-4H3,(H,19,22). The molecule has 1 N–H and O–H groups in total. The molecule has 0 fully saturated rings. The predicted octanol–water partition coefficient (Wildman–Crippen LogP) is 2.97. The lowest BCUT2D eigenvalue weighted by Crippen LogP contribution is -2.18. The van der Waals surface area contributed by atoms with Gasteiger partial charge in [-0.15, -0.1) is 0 Å². The molecule has 126 valence electrons. The van der Waals surface area contributed by atoms with Crippen LogP contribution in [0.1, 0.15) is 21.7 Å². The molecule has 0 aliphatic heterocycles. The Balaban J connectivity index is 2.32. The summed E-state index contributed by atoms with van der Waals surface area (Å²) in [6.07, 6.45) is 0. The molecule has 9 heteroatoms. The third kappa shape index (κ3) is 3.60. The number of nitrogens with zero attached hydrogens (tertiary/aromatic N) is 4. The predicted molar refractivity (Wildman–Crippen MR) is 91.9 cm³/mol. The van der Waals surface area contributed by atoms with E-state index in [1.807, 2.05) is 14.1 Å². The van der Waals surface area contributed by atoms with Crippen molar-refractivity contribution in [2.24, 2.45) is 0 Å². The van der Waals surface area contributed by atoms with E-state index in [0.717, 1.165) is 6.07 Å². The van der Waals surface area contributed by atoms with E-state index >= 15 is 0 Å². The zero-order valence-electron chi connectivity index (χ0n) is 13.6. The number of aromatic nitrogens is 2. The number of carbonyl (C=O) groups is 1. The van der Waals surface area contributed by atoms with Gasteiger partial charge in [-0.2, -0.15) is 0 Å². The van der Waals surface area contributed by atoms with Crippen molar-refractivity contribution in [3.8, 4) is 0 Å². The Kier molecular flexibility index (Phi) is 4.99. The van der Waals surface area contributed by atoms with Crippen LogP contribution in [-0.2, 0) is 0 Å². The van der Waals surface area contributed by atoms with Crippen molar-refractivity contribution < 1.29 is 9.72 Å². The van der Waals surface area contributed by atoms with Gasteiger partial charge in [0.05, 0.1) is 32.6 Å². The number of hydrogen-bond donors (Lipinski definition) is 1. The number of halogens is 1. The molecule has 0 aliphatic carbocycles. The first kappa shape index (κ1) is 17.6. The Morgan fingerprint density at radius 3 is 2.29 bits per heavy atom. The minimum Gasteiger partial charge on any atom is -0.347 e. The Bertz CT molecular complexity index is 800. The number of nitro benzene ring substituents is 1. The molecule has 0 saturated carbocycles. The van der Waals surface area contributed by atoms with Gasteiger partial charge in [-0.3, -0.25) is 14.9 Å². The molecule has 0 radical (unpaired) electrons. The number of nitro groups is 1. The first-order valence-electron chi connectivity index (χ1n) is 6.98. The highest BCUT2D eigenvalue weighted by Gasteiger charge is 2.18. The highest BCUT2D eigenvalue weighted by atomic mass is 35.5. The van der Waals surface area contributed by atoms with Gasteiger partial charge in [0.1, 0.15) is 0 Å². The lowest BCUT2D eigenvalue weighted by molar-refractivity contribution is -0.384. The molecule has 24 heavy (non-hydrogen) atoms. The van der Waals surface area contributed by atoms with Crippen LogP contribution in [0.25, 0.3) is 0 Å². The molecule has 2 rings (SSSR count). The molecule has 0 unspecified atom stereocenters. The van der Waals surface area contributed by atoms with E-state index in [1.165, 1.54) is 12.1 Å². The summed E-state index contributed by atoms with van der Waals surface area (Å²) >= 11 is 5.98. The smallest absolute Gasteiger partial charge is 0.270 e. The molecular formula is C15H16ClN5O3. The fourth-order valence-corrected chi connectivity index (χ4v) is 2.32. The molecule has 0 atom stereocenters. The average Bonchev–Trinajstić information content (AvgIpc) is 2.50. The molecule has 8 nitrogen and oxygen atoms in total. The number of rotatable bonds is 4. The van der Waals surface area contributed by atoms with Crippen molar-refractivity contribution in [2.75, 3.05) is 24.3 Å². The SMILES string of the molecule is Cc1nc(N(C)C)nc(C)c1NC(=O)c1ccc([N+](=O)[O-])cc1Cl. The van der Waals surface area contributed by atoms with Gasteiger partial charge in [0, 0.05) is 26.2 Å². The maximum atomic E-state index is 12.4. The van der Waals surface area contributed by atoms with Gasteiger partial charge in [-0.25, -0.2) is 9.97 Å². The summed E-state index contributed by atoms with van der Waals surface area (Å²) in [4.78, 5) is 33.0. The van der Waals surface area contributed by atoms with Gasteiger partial charge in [-0.05, 0) is 19.9 Å². The van der Waals surface area contributed by atoms with Crippen LogP contribution >= 0.6 is 11.6 Å². The number of hydrogen-bond acceptors (Lipinski definition) is 6. The quantitative estimate of drug-likeness (QED) is 0.672. The second kappa shape index (κ2) is 6.79. The van der Waals surface area contributed by atoms with E-state index < -0.39 is 10.8 Å². The molecule has 1 amide bonds. The van der Waals surface area contributed by atoms with Gasteiger partial charge in [0.2, 0.25) is 5.95 Å². The monoisotopic (exact) mass is 349 g/mol. The Labute approximate surface area is 143 Å². The summed E-state index contributed by atoms with van der Waals surface area (Å²) in [5.41, 5.74) is 1.66. The fourth-order valence-electron chi connectivity index (χ4n) is 2.06. The molecular weight excluding hydrogens is 334 g/mol. The third-order valence-corrected chi connectivity index (χ3v) is 3.62. The maximum Gasteiger partial charge on any atom is 0.270 e. The Morgan fingerprint density at radius 1 is 1.25 bits per heavy atom. The summed E-state index contributed by atoms with van der Waals surface area (Å²) in [6, 6.07) is 3.68. The number of benzene rings is 1. The zero-order chi connectivity index (χ0) is 18.0. The topological polar surface area (TPSA) is 101 Å². The van der Waals surface area contributed by atoms with E-state index in [2.05, 4.69) is 15.3 Å². The number of amides is 1. The molecule has 0 saturated heterocycles. The summed E-state index contributed by atoms with van der Waals surface area (Å²) in [7, 11) is 3.65. The first-order chi connectivity index (χ1) is 11.2. The van der Waals surface area contributed by atoms with Gasteiger partial charge < -0.3 is 10.2 Å². The first-order valence-corrected chi connectivity index (χ1v) is 7.36. The van der Waals surface area contributed by atoms with Crippen LogP contribution in [0.3, 0.4) is 0 Å². The Hall–Kier alpha value is -2.74. The van der Waals surface area contributed by atoms with Crippen molar-refractivity contribution >= 4 is 34.8 Å². The number of carbonyl (C=O) groups excluding carboxylic acids is 1. The Morgan fingerprint density at radius 2 is 1.83 bits per heavy atom. The van der Waals surface area contributed by atoms with Crippen LogP contribution in [-0.4, -0.2) is 34.9 Å². The number of nitrogens with one attached hydrogen (secondary N) is 1. The lowest BCUT2D eigenvalue weighted by Gasteiger charge is -2.16. The minimum absolute atomic E-state index is 0.00263. The second-order valence-corrected chi connectivity index (χ2v) is 5.75. The summed E-state index contributed by atoms with van der Waals surface area (Å²) in [6.45, 7) is 3.52. The maximum absolute atomic E-state index is 12.4. The number of anilines is 2. The van der Waals surface area contributed by atoms with Crippen LogP contribution in [0.2, 0.25) is 5.02 Å². The molecule has 1 aromatic carbocycles. The van der Waals surface area contributed by atoms with E-state index in [9.17, 15) is 14.9 Å². The third-order valence-electron chi connectivity index (χ3n) is 3.31. The number of aryl methyl sites for hydroxylation is 2. The van der Waals surface area contributed by atoms with Crippen LogP contribution in [0.15, 0.2) is 18.2 Å². The summed E-state index contributed by atoms with van der Waals surface area (Å²) in [5, 5.41) is 13.4. The lowest BCUT2D eigenvalue weighted by atomic mass is 10.1. The molecule has 0 bridgehead atoms. The van der Waals surface area contributed by atoms with E-state index in [4.69, 9.17) is 11.6 Å². The van der Waals surface area contributed by atoms with Crippen LogP contribution in [0.4, 0.5) is 17.3 Å². The fraction of sp³-hybridized carbons (Fsp3) is 0.267. The highest BCUT2D eigenvalue weighted by Crippen LogP contribution is 2.25. The van der Waals surface area contributed by atoms with Crippen molar-refractivity contribution in [2.45, 2.75) is 13.8 Å². The minimum atomic E-state index is -0.574. The van der Waals surface area contributed by atoms with Gasteiger partial charge in [0.25, 0.3) is 11.6 Å². The highest BCUT2D eigenvalue weighted by molar-refractivity contribution is 6.34. The molecule has 1 aromatic heterocycles. The van der Waals surface area contributed by atoms with E-state index in [-0.39, 0.29) is 16.3 Å². The summed E-state index contributed by atoms with van der Waals surface area (Å²) in [5.74, 6) is 0.0543. The molecule has 0 spiro atoms. The number of non-ortho nitro benzene ring substituents is 1. The van der Waals surface area contributed by atoms with Crippen molar-refractivity contribution in [3.63, 3.8) is 0 Å². The van der Waals surface area contributed by atoms with Gasteiger partial charge in [-0.1, -0.05) is 11.6 Å². The van der Waals surface area contributed by atoms with Crippen LogP contribution in [0, 0.1) is 24.0 Å². The van der Waals surface area contributed by atoms with Crippen LogP contribution in [0.5, 0.6) is 0 Å². The molecule has 0 aliphatic rings. The van der Waals surface area contributed by atoms with Gasteiger partial charge in [0.15, 0.2) is 0 Å².